The number of piperidine rings is 1. The molecule has 0 amide bonds. The second-order valence-corrected chi connectivity index (χ2v) is 7.65. The molecule has 1 saturated heterocycles. The van der Waals surface area contributed by atoms with Gasteiger partial charge >= 0.3 is 0 Å². The molecule has 1 saturated carbocycles. The van der Waals surface area contributed by atoms with E-state index in [4.69, 9.17) is 4.74 Å². The zero-order chi connectivity index (χ0) is 13.0. The molecule has 2 rings (SSSR count). The SMILES string of the molecule is CN(CCOCC1CC1)S(=O)(=O)C1CCNCC1. The topological polar surface area (TPSA) is 58.6 Å². The van der Waals surface area contributed by atoms with Crippen LogP contribution in [0.15, 0.2) is 0 Å². The lowest BCUT2D eigenvalue weighted by molar-refractivity contribution is 0.117. The fraction of sp³-hybridized carbons (Fsp3) is 1.00. The van der Waals surface area contributed by atoms with Crippen molar-refractivity contribution in [2.24, 2.45) is 5.92 Å². The first-order chi connectivity index (χ1) is 8.60. The fourth-order valence-electron chi connectivity index (χ4n) is 2.20. The second kappa shape index (κ2) is 6.32. The molecule has 1 aliphatic carbocycles. The van der Waals surface area contributed by atoms with E-state index < -0.39 is 10.0 Å². The van der Waals surface area contributed by atoms with Gasteiger partial charge in [-0.15, -0.1) is 0 Å². The van der Waals surface area contributed by atoms with E-state index in [1.165, 1.54) is 17.1 Å². The van der Waals surface area contributed by atoms with Gasteiger partial charge in [0.05, 0.1) is 11.9 Å². The number of nitrogens with one attached hydrogen (secondary N) is 1. The van der Waals surface area contributed by atoms with E-state index in [0.29, 0.717) is 13.2 Å². The van der Waals surface area contributed by atoms with Crippen molar-refractivity contribution in [3.05, 3.63) is 0 Å². The fourth-order valence-corrected chi connectivity index (χ4v) is 3.87. The lowest BCUT2D eigenvalue weighted by Gasteiger charge is -2.27. The van der Waals surface area contributed by atoms with Crippen molar-refractivity contribution >= 4 is 10.0 Å². The minimum absolute atomic E-state index is 0.216. The molecule has 18 heavy (non-hydrogen) atoms. The van der Waals surface area contributed by atoms with Gasteiger partial charge in [0.1, 0.15) is 0 Å². The van der Waals surface area contributed by atoms with E-state index in [1.54, 1.807) is 7.05 Å². The van der Waals surface area contributed by atoms with Crippen molar-refractivity contribution in [3.8, 4) is 0 Å². The number of hydrogen-bond acceptors (Lipinski definition) is 4. The molecular formula is C12H24N2O3S. The van der Waals surface area contributed by atoms with E-state index in [0.717, 1.165) is 38.5 Å². The Morgan fingerprint density at radius 2 is 1.89 bits per heavy atom. The summed E-state index contributed by atoms with van der Waals surface area (Å²) >= 11 is 0. The maximum absolute atomic E-state index is 12.3. The molecule has 0 bridgehead atoms. The van der Waals surface area contributed by atoms with Crippen molar-refractivity contribution in [2.75, 3.05) is 39.9 Å². The Kier molecular flexibility index (Phi) is 5.00. The summed E-state index contributed by atoms with van der Waals surface area (Å²) in [7, 11) is -1.47. The summed E-state index contributed by atoms with van der Waals surface area (Å²) in [5, 5.41) is 2.97. The predicted molar refractivity (Wildman–Crippen MR) is 71.0 cm³/mol. The Morgan fingerprint density at radius 1 is 1.22 bits per heavy atom. The monoisotopic (exact) mass is 276 g/mol. The summed E-state index contributed by atoms with van der Waals surface area (Å²) in [6, 6.07) is 0. The predicted octanol–water partition coefficient (Wildman–Crippen LogP) is 0.427. The van der Waals surface area contributed by atoms with Crippen LogP contribution >= 0.6 is 0 Å². The van der Waals surface area contributed by atoms with E-state index in [-0.39, 0.29) is 5.25 Å². The van der Waals surface area contributed by atoms with E-state index in [9.17, 15) is 8.42 Å². The van der Waals surface area contributed by atoms with Crippen molar-refractivity contribution in [1.82, 2.24) is 9.62 Å². The highest BCUT2D eigenvalue weighted by Crippen LogP contribution is 2.28. The number of nitrogens with zero attached hydrogens (tertiary/aromatic N) is 1. The average molecular weight is 276 g/mol. The van der Waals surface area contributed by atoms with Crippen molar-refractivity contribution in [2.45, 2.75) is 30.9 Å². The molecule has 0 radical (unpaired) electrons. The zero-order valence-corrected chi connectivity index (χ0v) is 11.9. The van der Waals surface area contributed by atoms with Crippen LogP contribution in [0.1, 0.15) is 25.7 Å². The van der Waals surface area contributed by atoms with Crippen LogP contribution in [-0.2, 0) is 14.8 Å². The molecule has 0 spiro atoms. The molecule has 5 nitrogen and oxygen atoms in total. The lowest BCUT2D eigenvalue weighted by Crippen LogP contribution is -2.43. The highest BCUT2D eigenvalue weighted by molar-refractivity contribution is 7.89. The van der Waals surface area contributed by atoms with Gasteiger partial charge in [-0.1, -0.05) is 0 Å². The number of likely N-dealkylation sites (N-methyl/N-ethyl adjacent to an activating group) is 1. The van der Waals surface area contributed by atoms with E-state index in [1.807, 2.05) is 0 Å². The van der Waals surface area contributed by atoms with Crippen LogP contribution in [-0.4, -0.2) is 57.9 Å². The largest absolute Gasteiger partial charge is 0.380 e. The molecule has 0 atom stereocenters. The van der Waals surface area contributed by atoms with Gasteiger partial charge in [0, 0.05) is 20.2 Å². The van der Waals surface area contributed by atoms with Gasteiger partial charge in [-0.2, -0.15) is 0 Å². The van der Waals surface area contributed by atoms with E-state index in [2.05, 4.69) is 5.32 Å². The molecule has 1 heterocycles. The second-order valence-electron chi connectivity index (χ2n) is 5.33. The maximum Gasteiger partial charge on any atom is 0.216 e. The first kappa shape index (κ1) is 14.2. The minimum Gasteiger partial charge on any atom is -0.380 e. The van der Waals surface area contributed by atoms with Crippen LogP contribution in [0, 0.1) is 5.92 Å². The Bertz CT molecular complexity index is 348. The molecule has 106 valence electrons. The highest BCUT2D eigenvalue weighted by atomic mass is 32.2. The smallest absolute Gasteiger partial charge is 0.216 e. The Morgan fingerprint density at radius 3 is 2.50 bits per heavy atom. The molecule has 0 aromatic rings. The number of hydrogen-bond donors (Lipinski definition) is 1. The van der Waals surface area contributed by atoms with Gasteiger partial charge < -0.3 is 10.1 Å². The Labute approximate surface area is 110 Å². The van der Waals surface area contributed by atoms with Gasteiger partial charge in [-0.3, -0.25) is 0 Å². The van der Waals surface area contributed by atoms with Crippen molar-refractivity contribution in [1.29, 1.82) is 0 Å². The summed E-state index contributed by atoms with van der Waals surface area (Å²) in [5.41, 5.74) is 0. The lowest BCUT2D eigenvalue weighted by atomic mass is 10.2. The quantitative estimate of drug-likeness (QED) is 0.685. The van der Waals surface area contributed by atoms with Crippen LogP contribution in [0.2, 0.25) is 0 Å². The van der Waals surface area contributed by atoms with Gasteiger partial charge in [0.25, 0.3) is 0 Å². The van der Waals surface area contributed by atoms with Gasteiger partial charge in [-0.25, -0.2) is 12.7 Å². The van der Waals surface area contributed by atoms with Crippen LogP contribution in [0.5, 0.6) is 0 Å². The van der Waals surface area contributed by atoms with Crippen LogP contribution in [0.4, 0.5) is 0 Å². The molecule has 1 N–H and O–H groups in total. The molecule has 1 aliphatic heterocycles. The Hall–Kier alpha value is -0.170. The molecule has 2 fully saturated rings. The number of rotatable bonds is 7. The summed E-state index contributed by atoms with van der Waals surface area (Å²) in [4.78, 5) is 0. The molecular weight excluding hydrogens is 252 g/mol. The highest BCUT2D eigenvalue weighted by Gasteiger charge is 2.30. The minimum atomic E-state index is -3.13. The molecule has 0 aromatic carbocycles. The van der Waals surface area contributed by atoms with Crippen molar-refractivity contribution < 1.29 is 13.2 Å². The summed E-state index contributed by atoms with van der Waals surface area (Å²) < 4.78 is 31.5. The van der Waals surface area contributed by atoms with Gasteiger partial charge in [-0.05, 0) is 44.7 Å². The van der Waals surface area contributed by atoms with Crippen molar-refractivity contribution in [3.63, 3.8) is 0 Å². The number of ether oxygens (including phenoxy) is 1. The maximum atomic E-state index is 12.3. The normalized spacial score (nSPS) is 22.6. The molecule has 6 heteroatoms. The third-order valence-corrected chi connectivity index (χ3v) is 6.11. The first-order valence-electron chi connectivity index (χ1n) is 6.84. The van der Waals surface area contributed by atoms with Crippen LogP contribution in [0.25, 0.3) is 0 Å². The van der Waals surface area contributed by atoms with Crippen LogP contribution < -0.4 is 5.32 Å². The van der Waals surface area contributed by atoms with E-state index >= 15 is 0 Å². The van der Waals surface area contributed by atoms with Gasteiger partial charge in [0.15, 0.2) is 0 Å². The molecule has 2 aliphatic rings. The summed E-state index contributed by atoms with van der Waals surface area (Å²) in [6.07, 6.45) is 3.97. The summed E-state index contributed by atoms with van der Waals surface area (Å²) in [6.45, 7) is 3.38. The number of sulfonamides is 1. The Balaban J connectivity index is 1.72. The molecule has 0 unspecified atom stereocenters. The third-order valence-electron chi connectivity index (χ3n) is 3.74. The zero-order valence-electron chi connectivity index (χ0n) is 11.1. The third kappa shape index (κ3) is 3.91. The van der Waals surface area contributed by atoms with Crippen LogP contribution in [0.3, 0.4) is 0 Å². The molecule has 0 aromatic heterocycles. The first-order valence-corrected chi connectivity index (χ1v) is 8.34. The standard InChI is InChI=1S/C12H24N2O3S/c1-14(8-9-17-10-11-2-3-11)18(15,16)12-4-6-13-7-5-12/h11-13H,2-10H2,1H3. The average Bonchev–Trinajstić information content (AvgIpc) is 3.19. The van der Waals surface area contributed by atoms with Gasteiger partial charge in [0.2, 0.25) is 10.0 Å². The summed E-state index contributed by atoms with van der Waals surface area (Å²) in [5.74, 6) is 0.733.